The zero-order valence-corrected chi connectivity index (χ0v) is 18.6. The van der Waals surface area contributed by atoms with E-state index in [1.165, 1.54) is 12.1 Å². The molecule has 32 heavy (non-hydrogen) atoms. The maximum Gasteiger partial charge on any atom is 0.408 e. The first-order chi connectivity index (χ1) is 15.1. The molecule has 2 heterocycles. The van der Waals surface area contributed by atoms with Crippen molar-refractivity contribution in [2.75, 3.05) is 0 Å². The van der Waals surface area contributed by atoms with E-state index in [-0.39, 0.29) is 5.82 Å². The summed E-state index contributed by atoms with van der Waals surface area (Å²) in [6.45, 7) is 7.38. The van der Waals surface area contributed by atoms with Gasteiger partial charge in [0.1, 0.15) is 22.8 Å². The number of amides is 1. The summed E-state index contributed by atoms with van der Waals surface area (Å²) in [6.07, 6.45) is 3.59. The van der Waals surface area contributed by atoms with E-state index in [9.17, 15) is 9.18 Å². The Hall–Kier alpha value is -3.61. The Bertz CT molecular complexity index is 1240. The van der Waals surface area contributed by atoms with E-state index in [1.807, 2.05) is 58.2 Å². The summed E-state index contributed by atoms with van der Waals surface area (Å²) in [6, 6.07) is 14.2. The number of halogens is 1. The number of carbonyl (C=O) groups is 1. The van der Waals surface area contributed by atoms with E-state index in [0.717, 1.165) is 27.7 Å². The molecule has 1 atom stereocenters. The monoisotopic (exact) mass is 434 g/mol. The van der Waals surface area contributed by atoms with Gasteiger partial charge in [-0.05, 0) is 69.2 Å². The number of fused-ring (bicyclic) bond motifs is 1. The molecule has 0 aliphatic heterocycles. The number of carbonyl (C=O) groups excluding carboxylic acids is 1. The lowest BCUT2D eigenvalue weighted by Crippen LogP contribution is -2.48. The molecule has 0 saturated carbocycles. The second-order valence-corrected chi connectivity index (χ2v) is 9.15. The first-order valence-corrected chi connectivity index (χ1v) is 10.5. The molecule has 0 radical (unpaired) electrons. The molecule has 2 aromatic heterocycles. The molecule has 2 aromatic carbocycles. The highest BCUT2D eigenvalue weighted by molar-refractivity contribution is 5.83. The van der Waals surface area contributed by atoms with Gasteiger partial charge in [0.2, 0.25) is 0 Å². The fourth-order valence-corrected chi connectivity index (χ4v) is 3.75. The van der Waals surface area contributed by atoms with Crippen LogP contribution in [0.25, 0.3) is 22.2 Å². The predicted octanol–water partition coefficient (Wildman–Crippen LogP) is 5.68. The van der Waals surface area contributed by atoms with Gasteiger partial charge >= 0.3 is 6.09 Å². The molecule has 4 rings (SSSR count). The van der Waals surface area contributed by atoms with Crippen LogP contribution in [0.3, 0.4) is 0 Å². The van der Waals surface area contributed by atoms with Gasteiger partial charge in [0.25, 0.3) is 0 Å². The van der Waals surface area contributed by atoms with Crippen LogP contribution in [0.5, 0.6) is 0 Å². The number of nitrogens with one attached hydrogen (secondary N) is 3. The average molecular weight is 435 g/mol. The molecule has 1 amide bonds. The number of aromatic amines is 2. The van der Waals surface area contributed by atoms with Crippen LogP contribution in [-0.4, -0.2) is 26.6 Å². The number of para-hydroxylation sites is 1. The van der Waals surface area contributed by atoms with Crippen molar-refractivity contribution in [2.45, 2.75) is 45.3 Å². The van der Waals surface area contributed by atoms with Gasteiger partial charge in [-0.1, -0.05) is 18.2 Å². The Balaban J connectivity index is 1.70. The Morgan fingerprint density at radius 3 is 2.53 bits per heavy atom. The number of aromatic nitrogens is 3. The number of ether oxygens (including phenoxy) is 1. The van der Waals surface area contributed by atoms with Crippen molar-refractivity contribution < 1.29 is 13.9 Å². The minimum absolute atomic E-state index is 0.302. The molecule has 166 valence electrons. The molecule has 0 aliphatic carbocycles. The number of rotatable bonds is 5. The van der Waals surface area contributed by atoms with Crippen molar-refractivity contribution in [3.05, 3.63) is 78.1 Å². The van der Waals surface area contributed by atoms with Gasteiger partial charge in [-0.2, -0.15) is 0 Å². The van der Waals surface area contributed by atoms with Crippen molar-refractivity contribution in [3.8, 4) is 11.3 Å². The van der Waals surface area contributed by atoms with Crippen LogP contribution in [0, 0.1) is 5.82 Å². The van der Waals surface area contributed by atoms with Crippen LogP contribution in [-0.2, 0) is 16.7 Å². The summed E-state index contributed by atoms with van der Waals surface area (Å²) in [5.74, 6) is 0.275. The lowest BCUT2D eigenvalue weighted by Gasteiger charge is -2.30. The second kappa shape index (κ2) is 8.15. The van der Waals surface area contributed by atoms with Gasteiger partial charge in [0.05, 0.1) is 11.9 Å². The lowest BCUT2D eigenvalue weighted by molar-refractivity contribution is 0.0456. The molecule has 3 N–H and O–H groups in total. The molecule has 4 aromatic rings. The van der Waals surface area contributed by atoms with Crippen molar-refractivity contribution in [1.29, 1.82) is 0 Å². The first kappa shape index (κ1) is 21.6. The minimum Gasteiger partial charge on any atom is -0.444 e. The van der Waals surface area contributed by atoms with Crippen LogP contribution < -0.4 is 5.32 Å². The van der Waals surface area contributed by atoms with Crippen molar-refractivity contribution in [3.63, 3.8) is 0 Å². The number of hydrogen-bond acceptors (Lipinski definition) is 3. The minimum atomic E-state index is -0.883. The summed E-state index contributed by atoms with van der Waals surface area (Å²) < 4.78 is 18.8. The van der Waals surface area contributed by atoms with Crippen LogP contribution >= 0.6 is 0 Å². The van der Waals surface area contributed by atoms with Gasteiger partial charge in [0, 0.05) is 23.5 Å². The number of imidazole rings is 1. The van der Waals surface area contributed by atoms with Crippen LogP contribution in [0.4, 0.5) is 9.18 Å². The van der Waals surface area contributed by atoms with E-state index in [1.54, 1.807) is 18.3 Å². The number of nitrogens with zero attached hydrogens (tertiary/aromatic N) is 1. The molecule has 1 unspecified atom stereocenters. The second-order valence-electron chi connectivity index (χ2n) is 9.15. The van der Waals surface area contributed by atoms with Gasteiger partial charge in [-0.25, -0.2) is 14.2 Å². The Morgan fingerprint density at radius 2 is 1.81 bits per heavy atom. The van der Waals surface area contributed by atoms with Crippen LogP contribution in [0.15, 0.2) is 60.9 Å². The lowest BCUT2D eigenvalue weighted by atomic mass is 9.91. The summed E-state index contributed by atoms with van der Waals surface area (Å²) >= 11 is 0. The molecule has 0 saturated heterocycles. The van der Waals surface area contributed by atoms with Crippen molar-refractivity contribution in [1.82, 2.24) is 20.3 Å². The van der Waals surface area contributed by atoms with Crippen molar-refractivity contribution >= 4 is 17.0 Å². The number of alkyl carbamates (subject to hydrolysis) is 1. The number of benzene rings is 2. The molecule has 7 heteroatoms. The Kier molecular flexibility index (Phi) is 5.50. The number of hydrogen-bond donors (Lipinski definition) is 3. The van der Waals surface area contributed by atoms with Crippen molar-refractivity contribution in [2.24, 2.45) is 0 Å². The Morgan fingerprint density at radius 1 is 1.09 bits per heavy atom. The molecule has 0 aliphatic rings. The maximum absolute atomic E-state index is 13.3. The number of H-pyrrole nitrogens is 2. The molecule has 0 fully saturated rings. The third-order valence-electron chi connectivity index (χ3n) is 5.25. The predicted molar refractivity (Wildman–Crippen MR) is 123 cm³/mol. The van der Waals surface area contributed by atoms with Crippen LogP contribution in [0.2, 0.25) is 0 Å². The highest BCUT2D eigenvalue weighted by Crippen LogP contribution is 2.30. The fourth-order valence-electron chi connectivity index (χ4n) is 3.75. The van der Waals surface area contributed by atoms with Gasteiger partial charge in [0.15, 0.2) is 0 Å². The summed E-state index contributed by atoms with van der Waals surface area (Å²) in [5.41, 5.74) is 2.08. The topological polar surface area (TPSA) is 82.8 Å². The van der Waals surface area contributed by atoms with E-state index in [0.29, 0.717) is 12.2 Å². The average Bonchev–Trinajstić information content (AvgIpc) is 3.35. The summed E-state index contributed by atoms with van der Waals surface area (Å²) in [4.78, 5) is 23.9. The van der Waals surface area contributed by atoms with Gasteiger partial charge in [-0.15, -0.1) is 0 Å². The fraction of sp³-hybridized carbons (Fsp3) is 0.280. The third-order valence-corrected chi connectivity index (χ3v) is 5.25. The molecular weight excluding hydrogens is 407 g/mol. The summed E-state index contributed by atoms with van der Waals surface area (Å²) in [7, 11) is 0. The molecule has 0 spiro atoms. The van der Waals surface area contributed by atoms with E-state index in [4.69, 9.17) is 4.74 Å². The summed E-state index contributed by atoms with van der Waals surface area (Å²) in [5, 5.41) is 4.09. The zero-order chi connectivity index (χ0) is 22.9. The maximum atomic E-state index is 13.3. The highest BCUT2D eigenvalue weighted by atomic mass is 19.1. The zero-order valence-electron chi connectivity index (χ0n) is 18.6. The normalized spacial score (nSPS) is 13.7. The molecule has 6 nitrogen and oxygen atoms in total. The van der Waals surface area contributed by atoms with E-state index in [2.05, 4.69) is 20.3 Å². The van der Waals surface area contributed by atoms with Gasteiger partial charge < -0.3 is 20.0 Å². The standard InChI is InChI=1S/C25H27FN4O2/c1-24(2,3)32-23(31)30-25(4,13-17-14-27-20-8-6-5-7-19(17)20)22-28-15-21(29-22)16-9-11-18(26)12-10-16/h5-12,14-15,27H,13H2,1-4H3,(H,28,29)(H,30,31). The molecular formula is C25H27FN4O2. The highest BCUT2D eigenvalue weighted by Gasteiger charge is 2.35. The quantitative estimate of drug-likeness (QED) is 0.378. The largest absolute Gasteiger partial charge is 0.444 e. The van der Waals surface area contributed by atoms with Gasteiger partial charge in [-0.3, -0.25) is 0 Å². The Labute approximate surface area is 186 Å². The van der Waals surface area contributed by atoms with Crippen LogP contribution in [0.1, 0.15) is 39.1 Å². The SMILES string of the molecule is CC(C)(C)OC(=O)NC(C)(Cc1c[nH]c2ccccc12)c1ncc(-c2ccc(F)cc2)[nH]1. The molecule has 0 bridgehead atoms. The van der Waals surface area contributed by atoms with E-state index < -0.39 is 17.2 Å². The van der Waals surface area contributed by atoms with E-state index >= 15 is 0 Å². The first-order valence-electron chi connectivity index (χ1n) is 10.5. The third kappa shape index (κ3) is 4.66. The smallest absolute Gasteiger partial charge is 0.408 e.